The van der Waals surface area contributed by atoms with Crippen LogP contribution in [-0.4, -0.2) is 32.5 Å². The minimum absolute atomic E-state index is 0.694. The molecule has 0 amide bonds. The topological polar surface area (TPSA) is 27.6 Å². The fraction of sp³-hybridized carbons (Fsp3) is 0.462. The Balaban J connectivity index is 1.84. The summed E-state index contributed by atoms with van der Waals surface area (Å²) in [5.41, 5.74) is 2.74. The number of anilines is 1. The Labute approximate surface area is 96.2 Å². The molecule has 0 aliphatic carbocycles. The zero-order valence-corrected chi connectivity index (χ0v) is 9.39. The summed E-state index contributed by atoms with van der Waals surface area (Å²) in [4.78, 5) is 6.48. The smallest absolute Gasteiger partial charge is 0.0895 e. The van der Waals surface area contributed by atoms with E-state index in [-0.39, 0.29) is 0 Å². The highest BCUT2D eigenvalue weighted by Crippen LogP contribution is 2.26. The van der Waals surface area contributed by atoms with Crippen molar-refractivity contribution in [1.29, 1.82) is 0 Å². The van der Waals surface area contributed by atoms with Crippen molar-refractivity contribution in [2.24, 2.45) is 4.99 Å². The van der Waals surface area contributed by atoms with Crippen molar-refractivity contribution in [2.45, 2.75) is 12.3 Å². The molecule has 0 spiro atoms. The largest absolute Gasteiger partial charge is 0.331 e. The molecule has 16 heavy (non-hydrogen) atoms. The zero-order chi connectivity index (χ0) is 10.8. The molecule has 1 unspecified atom stereocenters. The molecule has 84 valence electrons. The van der Waals surface area contributed by atoms with Gasteiger partial charge in [0.15, 0.2) is 0 Å². The van der Waals surface area contributed by atoms with Gasteiger partial charge in [0.25, 0.3) is 0 Å². The highest BCUT2D eigenvalue weighted by molar-refractivity contribution is 5.81. The maximum Gasteiger partial charge on any atom is 0.0895 e. The van der Waals surface area contributed by atoms with E-state index in [0.29, 0.717) is 5.92 Å². The van der Waals surface area contributed by atoms with Crippen LogP contribution in [0.2, 0.25) is 0 Å². The van der Waals surface area contributed by atoms with Crippen LogP contribution in [-0.2, 0) is 0 Å². The predicted molar refractivity (Wildman–Crippen MR) is 67.4 cm³/mol. The first-order chi connectivity index (χ1) is 7.93. The van der Waals surface area contributed by atoms with Crippen LogP contribution in [0.25, 0.3) is 0 Å². The molecule has 2 heterocycles. The van der Waals surface area contributed by atoms with E-state index in [0.717, 1.165) is 26.2 Å². The van der Waals surface area contributed by atoms with Crippen LogP contribution in [0.5, 0.6) is 0 Å². The van der Waals surface area contributed by atoms with Gasteiger partial charge < -0.3 is 10.2 Å². The molecular weight excluding hydrogens is 198 g/mol. The Kier molecular flexibility index (Phi) is 2.62. The lowest BCUT2D eigenvalue weighted by Crippen LogP contribution is -2.18. The summed E-state index contributed by atoms with van der Waals surface area (Å²) in [6.45, 7) is 4.22. The second-order valence-corrected chi connectivity index (χ2v) is 4.50. The summed E-state index contributed by atoms with van der Waals surface area (Å²) in [6, 6.07) is 8.89. The van der Waals surface area contributed by atoms with E-state index >= 15 is 0 Å². The van der Waals surface area contributed by atoms with Crippen LogP contribution < -0.4 is 10.2 Å². The fourth-order valence-electron chi connectivity index (χ4n) is 2.47. The first-order valence-electron chi connectivity index (χ1n) is 6.01. The van der Waals surface area contributed by atoms with Gasteiger partial charge in [-0.1, -0.05) is 12.1 Å². The predicted octanol–water partition coefficient (Wildman–Crippen LogP) is 1.61. The standard InChI is InChI=1S/C13H17N3/c1-2-11(12-4-5-14-9-12)8-13(3-1)16-7-6-15-10-16/h1-3,8,10,12,14H,4-7,9H2. The third-order valence-electron chi connectivity index (χ3n) is 3.42. The van der Waals surface area contributed by atoms with Crippen molar-refractivity contribution in [3.8, 4) is 0 Å². The molecule has 1 aromatic carbocycles. The first kappa shape index (κ1) is 9.85. The summed E-state index contributed by atoms with van der Waals surface area (Å²) in [7, 11) is 0. The number of aliphatic imine (C=N–C) groups is 1. The van der Waals surface area contributed by atoms with E-state index in [1.54, 1.807) is 0 Å². The van der Waals surface area contributed by atoms with E-state index in [1.807, 2.05) is 6.34 Å². The minimum Gasteiger partial charge on any atom is -0.331 e. The van der Waals surface area contributed by atoms with Gasteiger partial charge in [-0.2, -0.15) is 0 Å². The number of rotatable bonds is 2. The molecule has 0 saturated carbocycles. The van der Waals surface area contributed by atoms with Crippen molar-refractivity contribution in [3.63, 3.8) is 0 Å². The summed E-state index contributed by atoms with van der Waals surface area (Å²) in [5.74, 6) is 0.694. The van der Waals surface area contributed by atoms with Crippen molar-refractivity contribution < 1.29 is 0 Å². The van der Waals surface area contributed by atoms with Gasteiger partial charge in [-0.05, 0) is 36.6 Å². The van der Waals surface area contributed by atoms with Gasteiger partial charge in [-0.25, -0.2) is 0 Å². The van der Waals surface area contributed by atoms with Crippen LogP contribution in [0.1, 0.15) is 17.9 Å². The van der Waals surface area contributed by atoms with Gasteiger partial charge in [0.1, 0.15) is 0 Å². The van der Waals surface area contributed by atoms with Crippen molar-refractivity contribution in [2.75, 3.05) is 31.1 Å². The van der Waals surface area contributed by atoms with Crippen LogP contribution in [0.15, 0.2) is 29.3 Å². The third-order valence-corrected chi connectivity index (χ3v) is 3.42. The van der Waals surface area contributed by atoms with Crippen LogP contribution in [0, 0.1) is 0 Å². The summed E-state index contributed by atoms with van der Waals surface area (Å²) in [5, 5.41) is 3.42. The molecule has 3 nitrogen and oxygen atoms in total. The summed E-state index contributed by atoms with van der Waals surface area (Å²) < 4.78 is 0. The van der Waals surface area contributed by atoms with Gasteiger partial charge in [-0.3, -0.25) is 4.99 Å². The maximum atomic E-state index is 4.26. The summed E-state index contributed by atoms with van der Waals surface area (Å²) in [6.07, 6.45) is 3.21. The molecule has 0 aromatic heterocycles. The Hall–Kier alpha value is -1.35. The molecule has 0 radical (unpaired) electrons. The average Bonchev–Trinajstić information content (AvgIpc) is 3.03. The SMILES string of the molecule is C1=NCCN1c1cccc(C2CCNC2)c1. The molecular formula is C13H17N3. The Bertz CT molecular complexity index is 394. The number of nitrogens with zero attached hydrogens (tertiary/aromatic N) is 2. The third kappa shape index (κ3) is 1.83. The maximum absolute atomic E-state index is 4.26. The molecule has 1 fully saturated rings. The molecule has 2 aliphatic rings. The molecule has 0 bridgehead atoms. The van der Waals surface area contributed by atoms with Crippen molar-refractivity contribution >= 4 is 12.0 Å². The monoisotopic (exact) mass is 215 g/mol. The fourth-order valence-corrected chi connectivity index (χ4v) is 2.47. The van der Waals surface area contributed by atoms with E-state index in [1.165, 1.54) is 17.7 Å². The normalized spacial score (nSPS) is 24.2. The van der Waals surface area contributed by atoms with E-state index in [9.17, 15) is 0 Å². The average molecular weight is 215 g/mol. The molecule has 3 rings (SSSR count). The molecule has 2 aliphatic heterocycles. The zero-order valence-electron chi connectivity index (χ0n) is 9.39. The summed E-state index contributed by atoms with van der Waals surface area (Å²) >= 11 is 0. The number of hydrogen-bond acceptors (Lipinski definition) is 3. The molecule has 1 saturated heterocycles. The highest BCUT2D eigenvalue weighted by Gasteiger charge is 2.17. The lowest BCUT2D eigenvalue weighted by atomic mass is 9.98. The lowest BCUT2D eigenvalue weighted by molar-refractivity contribution is 0.763. The van der Waals surface area contributed by atoms with Crippen molar-refractivity contribution in [3.05, 3.63) is 29.8 Å². The minimum atomic E-state index is 0.694. The van der Waals surface area contributed by atoms with Crippen molar-refractivity contribution in [1.82, 2.24) is 5.32 Å². The van der Waals surface area contributed by atoms with E-state index in [2.05, 4.69) is 39.5 Å². The van der Waals surface area contributed by atoms with E-state index in [4.69, 9.17) is 0 Å². The van der Waals surface area contributed by atoms with Gasteiger partial charge in [-0.15, -0.1) is 0 Å². The lowest BCUT2D eigenvalue weighted by Gasteiger charge is -2.16. The van der Waals surface area contributed by atoms with E-state index < -0.39 is 0 Å². The number of hydrogen-bond donors (Lipinski definition) is 1. The second kappa shape index (κ2) is 4.26. The molecule has 1 atom stereocenters. The molecule has 1 aromatic rings. The highest BCUT2D eigenvalue weighted by atomic mass is 15.2. The molecule has 1 N–H and O–H groups in total. The van der Waals surface area contributed by atoms with Gasteiger partial charge in [0.2, 0.25) is 0 Å². The van der Waals surface area contributed by atoms with Gasteiger partial charge in [0, 0.05) is 18.8 Å². The van der Waals surface area contributed by atoms with Crippen LogP contribution in [0.4, 0.5) is 5.69 Å². The second-order valence-electron chi connectivity index (χ2n) is 4.50. The van der Waals surface area contributed by atoms with Gasteiger partial charge in [0.05, 0.1) is 12.9 Å². The number of benzene rings is 1. The first-order valence-corrected chi connectivity index (χ1v) is 6.01. The Morgan fingerprint density at radius 2 is 2.38 bits per heavy atom. The van der Waals surface area contributed by atoms with Crippen LogP contribution in [0.3, 0.4) is 0 Å². The Morgan fingerprint density at radius 3 is 3.12 bits per heavy atom. The van der Waals surface area contributed by atoms with Crippen LogP contribution >= 0.6 is 0 Å². The molecule has 3 heteroatoms. The van der Waals surface area contributed by atoms with Gasteiger partial charge >= 0.3 is 0 Å². The number of nitrogens with one attached hydrogen (secondary N) is 1. The Morgan fingerprint density at radius 1 is 1.38 bits per heavy atom. The quantitative estimate of drug-likeness (QED) is 0.811.